The van der Waals surface area contributed by atoms with E-state index in [0.29, 0.717) is 35.2 Å². The SMILES string of the molecule is Cc1ccc(OCCCCN2C(=O)COc3ccc(NC(=O)c4cccs4)cc32)cc1. The number of hydrogen-bond acceptors (Lipinski definition) is 5. The molecule has 1 aliphatic heterocycles. The molecular formula is C24H24N2O4S. The van der Waals surface area contributed by atoms with Crippen molar-refractivity contribution in [3.05, 3.63) is 70.4 Å². The Hall–Kier alpha value is -3.32. The van der Waals surface area contributed by atoms with Gasteiger partial charge in [-0.2, -0.15) is 0 Å². The van der Waals surface area contributed by atoms with Gasteiger partial charge in [0.05, 0.1) is 17.2 Å². The van der Waals surface area contributed by atoms with Crippen molar-refractivity contribution in [2.24, 2.45) is 0 Å². The van der Waals surface area contributed by atoms with E-state index in [9.17, 15) is 9.59 Å². The van der Waals surface area contributed by atoms with E-state index in [2.05, 4.69) is 5.32 Å². The van der Waals surface area contributed by atoms with Gasteiger partial charge in [-0.1, -0.05) is 23.8 Å². The van der Waals surface area contributed by atoms with Gasteiger partial charge in [-0.25, -0.2) is 0 Å². The number of hydrogen-bond donors (Lipinski definition) is 1. The normalized spacial score (nSPS) is 12.8. The molecule has 0 spiro atoms. The monoisotopic (exact) mass is 436 g/mol. The van der Waals surface area contributed by atoms with Crippen molar-refractivity contribution in [2.45, 2.75) is 19.8 Å². The average molecular weight is 437 g/mol. The highest BCUT2D eigenvalue weighted by Crippen LogP contribution is 2.35. The van der Waals surface area contributed by atoms with Gasteiger partial charge >= 0.3 is 0 Å². The molecule has 0 saturated heterocycles. The molecule has 4 rings (SSSR count). The molecule has 1 N–H and O–H groups in total. The number of thiophene rings is 1. The summed E-state index contributed by atoms with van der Waals surface area (Å²) in [4.78, 5) is 27.2. The number of fused-ring (bicyclic) bond motifs is 1. The number of benzene rings is 2. The fraction of sp³-hybridized carbons (Fsp3) is 0.250. The summed E-state index contributed by atoms with van der Waals surface area (Å²) in [5, 5.41) is 4.75. The molecule has 31 heavy (non-hydrogen) atoms. The molecule has 7 heteroatoms. The molecule has 0 atom stereocenters. The number of carbonyl (C=O) groups excluding carboxylic acids is 2. The fourth-order valence-corrected chi connectivity index (χ4v) is 3.94. The molecule has 1 aliphatic rings. The Morgan fingerprint density at radius 1 is 1.16 bits per heavy atom. The quantitative estimate of drug-likeness (QED) is 0.511. The summed E-state index contributed by atoms with van der Waals surface area (Å²) in [6, 6.07) is 16.9. The topological polar surface area (TPSA) is 67.9 Å². The third-order valence-corrected chi connectivity index (χ3v) is 5.84. The standard InChI is InChI=1S/C24H24N2O4S/c1-17-6-9-19(10-7-17)29-13-3-2-12-26-20-15-18(8-11-21(20)30-16-23(26)27)25-24(28)22-5-4-14-31-22/h4-11,14-15H,2-3,12-13,16H2,1H3,(H,25,28). The summed E-state index contributed by atoms with van der Waals surface area (Å²) in [5.41, 5.74) is 2.51. The van der Waals surface area contributed by atoms with Gasteiger partial charge in [0.1, 0.15) is 11.5 Å². The Morgan fingerprint density at radius 3 is 2.77 bits per heavy atom. The Balaban J connectivity index is 1.35. The van der Waals surface area contributed by atoms with Crippen LogP contribution >= 0.6 is 11.3 Å². The molecule has 0 bridgehead atoms. The lowest BCUT2D eigenvalue weighted by molar-refractivity contribution is -0.121. The van der Waals surface area contributed by atoms with E-state index in [4.69, 9.17) is 9.47 Å². The number of nitrogens with zero attached hydrogens (tertiary/aromatic N) is 1. The lowest BCUT2D eigenvalue weighted by Crippen LogP contribution is -2.39. The lowest BCUT2D eigenvalue weighted by atomic mass is 10.2. The van der Waals surface area contributed by atoms with Gasteiger partial charge in [0, 0.05) is 12.2 Å². The van der Waals surface area contributed by atoms with Crippen LogP contribution in [-0.4, -0.2) is 31.6 Å². The van der Waals surface area contributed by atoms with Crippen LogP contribution in [0.25, 0.3) is 0 Å². The maximum atomic E-state index is 12.5. The first-order valence-corrected chi connectivity index (χ1v) is 11.1. The van der Waals surface area contributed by atoms with E-state index >= 15 is 0 Å². The van der Waals surface area contributed by atoms with Gasteiger partial charge < -0.3 is 19.7 Å². The maximum absolute atomic E-state index is 12.5. The molecule has 0 radical (unpaired) electrons. The van der Waals surface area contributed by atoms with Gasteiger partial charge in [-0.05, 0) is 61.5 Å². The van der Waals surface area contributed by atoms with E-state index in [0.717, 1.165) is 18.6 Å². The summed E-state index contributed by atoms with van der Waals surface area (Å²) in [6.45, 7) is 3.22. The van der Waals surface area contributed by atoms with Crippen LogP contribution in [0.4, 0.5) is 11.4 Å². The predicted molar refractivity (Wildman–Crippen MR) is 122 cm³/mol. The minimum Gasteiger partial charge on any atom is -0.494 e. The van der Waals surface area contributed by atoms with Crippen LogP contribution in [0.2, 0.25) is 0 Å². The Bertz CT molecular complexity index is 1050. The first-order valence-electron chi connectivity index (χ1n) is 10.2. The molecule has 160 valence electrons. The highest BCUT2D eigenvalue weighted by Gasteiger charge is 2.25. The van der Waals surface area contributed by atoms with Crippen LogP contribution in [0.5, 0.6) is 11.5 Å². The Kier molecular flexibility index (Phi) is 6.52. The van der Waals surface area contributed by atoms with Gasteiger partial charge in [-0.3, -0.25) is 9.59 Å². The van der Waals surface area contributed by atoms with Crippen LogP contribution in [-0.2, 0) is 4.79 Å². The third kappa shape index (κ3) is 5.24. The summed E-state index contributed by atoms with van der Waals surface area (Å²) in [7, 11) is 0. The molecular weight excluding hydrogens is 412 g/mol. The van der Waals surface area contributed by atoms with Crippen molar-refractivity contribution < 1.29 is 19.1 Å². The first-order chi connectivity index (χ1) is 15.1. The minimum atomic E-state index is -0.169. The number of unbranched alkanes of at least 4 members (excludes halogenated alkanes) is 1. The van der Waals surface area contributed by atoms with Gasteiger partial charge in [0.2, 0.25) is 0 Å². The fourth-order valence-electron chi connectivity index (χ4n) is 3.32. The number of carbonyl (C=O) groups is 2. The molecule has 0 fully saturated rings. The molecule has 2 heterocycles. The maximum Gasteiger partial charge on any atom is 0.265 e. The molecule has 0 unspecified atom stereocenters. The predicted octanol–water partition coefficient (Wildman–Crippen LogP) is 4.89. The van der Waals surface area contributed by atoms with Crippen LogP contribution in [0.15, 0.2) is 60.0 Å². The second-order valence-electron chi connectivity index (χ2n) is 7.32. The van der Waals surface area contributed by atoms with Crippen molar-refractivity contribution in [3.63, 3.8) is 0 Å². The largest absolute Gasteiger partial charge is 0.494 e. The van der Waals surface area contributed by atoms with Crippen molar-refractivity contribution in [1.82, 2.24) is 0 Å². The van der Waals surface area contributed by atoms with Crippen molar-refractivity contribution in [3.8, 4) is 11.5 Å². The molecule has 0 saturated carbocycles. The number of rotatable bonds is 8. The molecule has 2 amide bonds. The van der Waals surface area contributed by atoms with E-state index < -0.39 is 0 Å². The van der Waals surface area contributed by atoms with Crippen LogP contribution < -0.4 is 19.7 Å². The zero-order valence-corrected chi connectivity index (χ0v) is 18.1. The minimum absolute atomic E-state index is 0.0216. The summed E-state index contributed by atoms with van der Waals surface area (Å²) >= 11 is 1.38. The summed E-state index contributed by atoms with van der Waals surface area (Å²) < 4.78 is 11.3. The number of aryl methyl sites for hydroxylation is 1. The third-order valence-electron chi connectivity index (χ3n) is 4.97. The Morgan fingerprint density at radius 2 is 2.00 bits per heavy atom. The van der Waals surface area contributed by atoms with Crippen LogP contribution in [0.1, 0.15) is 28.1 Å². The molecule has 3 aromatic rings. The number of anilines is 2. The molecule has 2 aromatic carbocycles. The van der Waals surface area contributed by atoms with Crippen LogP contribution in [0, 0.1) is 6.92 Å². The highest BCUT2D eigenvalue weighted by atomic mass is 32.1. The smallest absolute Gasteiger partial charge is 0.265 e. The molecule has 1 aromatic heterocycles. The van der Waals surface area contributed by atoms with Gasteiger partial charge in [-0.15, -0.1) is 11.3 Å². The number of ether oxygens (including phenoxy) is 2. The number of nitrogens with one attached hydrogen (secondary N) is 1. The molecule has 6 nitrogen and oxygen atoms in total. The van der Waals surface area contributed by atoms with E-state index in [1.807, 2.05) is 42.6 Å². The van der Waals surface area contributed by atoms with E-state index in [1.54, 1.807) is 29.2 Å². The first kappa shape index (κ1) is 20.9. The number of amides is 2. The zero-order chi connectivity index (χ0) is 21.6. The average Bonchev–Trinajstić information content (AvgIpc) is 3.31. The van der Waals surface area contributed by atoms with Crippen molar-refractivity contribution >= 4 is 34.5 Å². The van der Waals surface area contributed by atoms with Crippen molar-refractivity contribution in [2.75, 3.05) is 30.0 Å². The van der Waals surface area contributed by atoms with Crippen LogP contribution in [0.3, 0.4) is 0 Å². The molecule has 0 aliphatic carbocycles. The van der Waals surface area contributed by atoms with Gasteiger partial charge in [0.15, 0.2) is 6.61 Å². The van der Waals surface area contributed by atoms with E-state index in [1.165, 1.54) is 16.9 Å². The Labute approximate surface area is 185 Å². The summed E-state index contributed by atoms with van der Waals surface area (Å²) in [6.07, 6.45) is 1.62. The van der Waals surface area contributed by atoms with Crippen molar-refractivity contribution in [1.29, 1.82) is 0 Å². The summed E-state index contributed by atoms with van der Waals surface area (Å²) in [5.74, 6) is 1.24. The van der Waals surface area contributed by atoms with E-state index in [-0.39, 0.29) is 18.4 Å². The zero-order valence-electron chi connectivity index (χ0n) is 17.3. The second-order valence-corrected chi connectivity index (χ2v) is 8.26. The van der Waals surface area contributed by atoms with Gasteiger partial charge in [0.25, 0.3) is 11.8 Å². The second kappa shape index (κ2) is 9.66. The lowest BCUT2D eigenvalue weighted by Gasteiger charge is -2.30. The highest BCUT2D eigenvalue weighted by molar-refractivity contribution is 7.12.